The average molecular weight is 498 g/mol. The van der Waals surface area contributed by atoms with Crippen molar-refractivity contribution in [1.82, 2.24) is 19.7 Å². The number of ether oxygens (including phenoxy) is 1. The highest BCUT2D eigenvalue weighted by Crippen LogP contribution is 2.28. The Morgan fingerprint density at radius 2 is 1.83 bits per heavy atom. The summed E-state index contributed by atoms with van der Waals surface area (Å²) in [7, 11) is 1.62. The maximum absolute atomic E-state index is 12.9. The number of thiophene rings is 1. The van der Waals surface area contributed by atoms with Crippen LogP contribution in [-0.4, -0.2) is 32.8 Å². The summed E-state index contributed by atoms with van der Waals surface area (Å²) < 4.78 is 6.65. The predicted octanol–water partition coefficient (Wildman–Crippen LogP) is 4.93. The van der Waals surface area contributed by atoms with E-state index in [4.69, 9.17) is 4.74 Å². The van der Waals surface area contributed by atoms with Gasteiger partial charge in [-0.1, -0.05) is 48.5 Å². The smallest absolute Gasteiger partial charge is 0.252 e. The van der Waals surface area contributed by atoms with E-state index >= 15 is 0 Å². The third-order valence-corrected chi connectivity index (χ3v) is 6.44. The Morgan fingerprint density at radius 1 is 1.03 bits per heavy atom. The Balaban J connectivity index is 1.44. The van der Waals surface area contributed by atoms with Crippen LogP contribution in [0.15, 0.2) is 89.0 Å². The first-order valence-corrected chi connectivity index (χ1v) is 12.2. The summed E-state index contributed by atoms with van der Waals surface area (Å²) in [5, 5.41) is 9.55. The van der Waals surface area contributed by atoms with E-state index in [1.165, 1.54) is 22.1 Å². The molecule has 0 radical (unpaired) electrons. The van der Waals surface area contributed by atoms with Gasteiger partial charge in [0.15, 0.2) is 0 Å². The van der Waals surface area contributed by atoms with Gasteiger partial charge in [0, 0.05) is 24.1 Å². The standard InChI is InChI=1S/C27H23N5O3S/c1-35-20-12-9-18(10-13-20)11-14-25(33)29-24-16-22(23-8-5-15-36-23)31-32(24)27-28-21(17-26(34)30-27)19-6-3-2-4-7-19/h2-10,12-13,15-17H,11,14H2,1H3,(H,29,33)(H,28,30,34). The van der Waals surface area contributed by atoms with Gasteiger partial charge in [0.2, 0.25) is 11.9 Å². The van der Waals surface area contributed by atoms with Gasteiger partial charge in [-0.2, -0.15) is 9.78 Å². The van der Waals surface area contributed by atoms with Crippen LogP contribution in [0.2, 0.25) is 0 Å². The van der Waals surface area contributed by atoms with Crippen LogP contribution in [0.5, 0.6) is 5.75 Å². The Hall–Kier alpha value is -4.50. The lowest BCUT2D eigenvalue weighted by Gasteiger charge is -2.09. The molecule has 0 spiro atoms. The highest BCUT2D eigenvalue weighted by atomic mass is 32.1. The molecule has 5 aromatic rings. The van der Waals surface area contributed by atoms with Crippen LogP contribution < -0.4 is 15.6 Å². The maximum atomic E-state index is 12.9. The van der Waals surface area contributed by atoms with Gasteiger partial charge in [0.05, 0.1) is 17.7 Å². The van der Waals surface area contributed by atoms with Crippen LogP contribution >= 0.6 is 11.3 Å². The van der Waals surface area contributed by atoms with Gasteiger partial charge in [0.1, 0.15) is 17.3 Å². The zero-order valence-corrected chi connectivity index (χ0v) is 20.3. The first-order valence-electron chi connectivity index (χ1n) is 11.3. The molecule has 0 saturated heterocycles. The van der Waals surface area contributed by atoms with E-state index in [2.05, 4.69) is 20.4 Å². The average Bonchev–Trinajstić information content (AvgIpc) is 3.58. The number of aromatic amines is 1. The van der Waals surface area contributed by atoms with Crippen molar-refractivity contribution >= 4 is 23.1 Å². The lowest BCUT2D eigenvalue weighted by molar-refractivity contribution is -0.116. The number of nitrogens with zero attached hydrogens (tertiary/aromatic N) is 3. The van der Waals surface area contributed by atoms with Crippen LogP contribution in [0.25, 0.3) is 27.8 Å². The number of hydrogen-bond donors (Lipinski definition) is 2. The fourth-order valence-electron chi connectivity index (χ4n) is 3.73. The van der Waals surface area contributed by atoms with Gasteiger partial charge in [0.25, 0.3) is 5.56 Å². The third-order valence-electron chi connectivity index (χ3n) is 5.55. The number of benzene rings is 2. The van der Waals surface area contributed by atoms with Gasteiger partial charge in [-0.15, -0.1) is 11.3 Å². The Bertz CT molecular complexity index is 1520. The van der Waals surface area contributed by atoms with E-state index < -0.39 is 0 Å². The number of carbonyl (C=O) groups is 1. The monoisotopic (exact) mass is 497 g/mol. The molecule has 36 heavy (non-hydrogen) atoms. The normalized spacial score (nSPS) is 10.8. The van der Waals surface area contributed by atoms with Crippen LogP contribution in [-0.2, 0) is 11.2 Å². The molecule has 0 atom stereocenters. The fourth-order valence-corrected chi connectivity index (χ4v) is 4.41. The lowest BCUT2D eigenvalue weighted by atomic mass is 10.1. The number of aryl methyl sites for hydroxylation is 1. The van der Waals surface area contributed by atoms with Gasteiger partial charge >= 0.3 is 0 Å². The quantitative estimate of drug-likeness (QED) is 0.316. The minimum atomic E-state index is -0.316. The summed E-state index contributed by atoms with van der Waals surface area (Å²) in [4.78, 5) is 33.7. The number of hydrogen-bond acceptors (Lipinski definition) is 6. The summed E-state index contributed by atoms with van der Waals surface area (Å²) in [5.41, 5.74) is 2.70. The molecule has 1 amide bonds. The number of aromatic nitrogens is 4. The second-order valence-electron chi connectivity index (χ2n) is 8.02. The predicted molar refractivity (Wildman–Crippen MR) is 141 cm³/mol. The highest BCUT2D eigenvalue weighted by molar-refractivity contribution is 7.13. The molecule has 0 saturated carbocycles. The third kappa shape index (κ3) is 5.26. The van der Waals surface area contributed by atoms with Crippen molar-refractivity contribution in [2.75, 3.05) is 12.4 Å². The van der Waals surface area contributed by atoms with Crippen molar-refractivity contribution in [3.8, 4) is 33.5 Å². The number of methoxy groups -OCH3 is 1. The van der Waals surface area contributed by atoms with E-state index in [0.29, 0.717) is 23.6 Å². The maximum Gasteiger partial charge on any atom is 0.252 e. The van der Waals surface area contributed by atoms with Crippen molar-refractivity contribution in [3.63, 3.8) is 0 Å². The molecule has 5 rings (SSSR count). The number of carbonyl (C=O) groups excluding carboxylic acids is 1. The van der Waals surface area contributed by atoms with Crippen molar-refractivity contribution in [2.45, 2.75) is 12.8 Å². The number of anilines is 1. The summed E-state index contributed by atoms with van der Waals surface area (Å²) >= 11 is 1.53. The topological polar surface area (TPSA) is 102 Å². The van der Waals surface area contributed by atoms with Crippen molar-refractivity contribution in [1.29, 1.82) is 0 Å². The molecule has 0 bridgehead atoms. The van der Waals surface area contributed by atoms with Crippen LogP contribution in [0.1, 0.15) is 12.0 Å². The van der Waals surface area contributed by atoms with Crippen molar-refractivity contribution in [3.05, 3.63) is 100 Å². The van der Waals surface area contributed by atoms with Crippen LogP contribution in [0.3, 0.4) is 0 Å². The molecule has 8 nitrogen and oxygen atoms in total. The van der Waals surface area contributed by atoms with Crippen LogP contribution in [0.4, 0.5) is 5.82 Å². The summed E-state index contributed by atoms with van der Waals surface area (Å²) in [5.74, 6) is 1.24. The molecule has 9 heteroatoms. The van der Waals surface area contributed by atoms with E-state index in [-0.39, 0.29) is 23.8 Å². The minimum Gasteiger partial charge on any atom is -0.497 e. The SMILES string of the molecule is COc1ccc(CCC(=O)Nc2cc(-c3cccs3)nn2-c2nc(-c3ccccc3)cc(=O)[nH]2)cc1. The minimum absolute atomic E-state index is 0.175. The Labute approximate surface area is 211 Å². The second-order valence-corrected chi connectivity index (χ2v) is 8.97. The summed E-state index contributed by atoms with van der Waals surface area (Å²) in [6.07, 6.45) is 0.847. The highest BCUT2D eigenvalue weighted by Gasteiger charge is 2.17. The van der Waals surface area contributed by atoms with E-state index in [1.54, 1.807) is 13.2 Å². The molecule has 0 fully saturated rings. The van der Waals surface area contributed by atoms with E-state index in [9.17, 15) is 9.59 Å². The fraction of sp³-hybridized carbons (Fsp3) is 0.111. The van der Waals surface area contributed by atoms with Crippen molar-refractivity contribution in [2.24, 2.45) is 0 Å². The number of amides is 1. The molecule has 2 N–H and O–H groups in total. The molecule has 0 unspecified atom stereocenters. The second kappa shape index (κ2) is 10.4. The Kier molecular flexibility index (Phi) is 6.72. The molecule has 0 aliphatic carbocycles. The zero-order chi connectivity index (χ0) is 24.9. The van der Waals surface area contributed by atoms with Gasteiger partial charge in [-0.25, -0.2) is 4.98 Å². The summed E-state index contributed by atoms with van der Waals surface area (Å²) in [6, 6.07) is 24.2. The molecule has 3 aromatic heterocycles. The van der Waals surface area contributed by atoms with Crippen molar-refractivity contribution < 1.29 is 9.53 Å². The molecule has 0 aliphatic rings. The number of rotatable bonds is 8. The van der Waals surface area contributed by atoms with E-state index in [0.717, 1.165) is 21.8 Å². The molecule has 180 valence electrons. The largest absolute Gasteiger partial charge is 0.497 e. The van der Waals surface area contributed by atoms with E-state index in [1.807, 2.05) is 72.1 Å². The molecular formula is C27H23N5O3S. The van der Waals surface area contributed by atoms with Gasteiger partial charge in [-0.05, 0) is 35.6 Å². The zero-order valence-electron chi connectivity index (χ0n) is 19.5. The number of nitrogens with one attached hydrogen (secondary N) is 2. The van der Waals surface area contributed by atoms with Gasteiger partial charge in [-0.3, -0.25) is 14.6 Å². The first-order chi connectivity index (χ1) is 17.6. The molecule has 2 aromatic carbocycles. The van der Waals surface area contributed by atoms with Gasteiger partial charge < -0.3 is 10.1 Å². The summed E-state index contributed by atoms with van der Waals surface area (Å²) in [6.45, 7) is 0. The molecular weight excluding hydrogens is 474 g/mol. The first kappa shape index (κ1) is 23.3. The Morgan fingerprint density at radius 3 is 2.56 bits per heavy atom. The molecule has 0 aliphatic heterocycles. The molecule has 3 heterocycles. The van der Waals surface area contributed by atoms with Crippen LogP contribution in [0, 0.1) is 0 Å². The lowest BCUT2D eigenvalue weighted by Crippen LogP contribution is -2.19. The number of H-pyrrole nitrogens is 1.